The van der Waals surface area contributed by atoms with Crippen molar-refractivity contribution in [1.82, 2.24) is 0 Å². The summed E-state index contributed by atoms with van der Waals surface area (Å²) in [5.41, 5.74) is -0.143. The van der Waals surface area contributed by atoms with Crippen molar-refractivity contribution in [2.45, 2.75) is 96.9 Å². The molecule has 0 aromatic heterocycles. The highest BCUT2D eigenvalue weighted by Gasteiger charge is 2.65. The van der Waals surface area contributed by atoms with Crippen LogP contribution in [0.15, 0.2) is 0 Å². The summed E-state index contributed by atoms with van der Waals surface area (Å²) in [5.74, 6) is 0.997. The van der Waals surface area contributed by atoms with Crippen molar-refractivity contribution in [3.05, 3.63) is 0 Å². The van der Waals surface area contributed by atoms with Crippen LogP contribution >= 0.6 is 0 Å². The van der Waals surface area contributed by atoms with Gasteiger partial charge in [0.1, 0.15) is 0 Å². The molecule has 11 atom stereocenters. The van der Waals surface area contributed by atoms with E-state index in [1.165, 1.54) is 0 Å². The van der Waals surface area contributed by atoms with Crippen molar-refractivity contribution in [2.75, 3.05) is 0 Å². The molecule has 5 heteroatoms. The van der Waals surface area contributed by atoms with Crippen molar-refractivity contribution in [3.63, 3.8) is 0 Å². The molecule has 0 spiro atoms. The molecule has 5 nitrogen and oxygen atoms in total. The number of fused-ring (bicyclic) bond motifs is 5. The number of aliphatic hydroxyl groups is 3. The Morgan fingerprint density at radius 1 is 1.03 bits per heavy atom. The van der Waals surface area contributed by atoms with Crippen LogP contribution in [0.25, 0.3) is 0 Å². The molecule has 0 aromatic carbocycles. The van der Waals surface area contributed by atoms with Gasteiger partial charge in [0, 0.05) is 6.42 Å². The number of carboxylic acids is 1. The van der Waals surface area contributed by atoms with Crippen molar-refractivity contribution >= 4 is 5.97 Å². The maximum atomic E-state index is 11.5. The fourth-order valence-electron chi connectivity index (χ4n) is 8.68. The number of aliphatic hydroxyl groups excluding tert-OH is 3. The zero-order valence-electron chi connectivity index (χ0n) is 18.3. The molecule has 0 heterocycles. The van der Waals surface area contributed by atoms with Gasteiger partial charge in [0.25, 0.3) is 0 Å². The predicted octanol–water partition coefficient (Wildman–Crippen LogP) is 3.45. The quantitative estimate of drug-likeness (QED) is 0.571. The standard InChI is InChI=1S/C24H40O5/c1-13(4-7-21(28)29)16-5-6-17-22-18(12-20(27)24(16,17)3)23(2)9-8-15(25)10-14(23)11-19(22)26/h13-20,22,25-27H,4-12H2,1-3H3,(H,28,29)/t13-,14+,15+,16+,17-,18+,19-,20+,22-,23-,24-/m1/s1. The minimum atomic E-state index is -0.748. The Balaban J connectivity index is 1.61. The average molecular weight is 409 g/mol. The summed E-state index contributed by atoms with van der Waals surface area (Å²) in [5, 5.41) is 42.0. The van der Waals surface area contributed by atoms with E-state index in [1.54, 1.807) is 0 Å². The van der Waals surface area contributed by atoms with E-state index in [0.717, 1.165) is 44.9 Å². The Labute approximate surface area is 174 Å². The van der Waals surface area contributed by atoms with Gasteiger partial charge >= 0.3 is 5.97 Å². The van der Waals surface area contributed by atoms with E-state index in [-0.39, 0.29) is 41.3 Å². The molecule has 0 unspecified atom stereocenters. The Morgan fingerprint density at radius 2 is 1.76 bits per heavy atom. The molecular formula is C24H40O5. The van der Waals surface area contributed by atoms with Crippen molar-refractivity contribution < 1.29 is 25.2 Å². The van der Waals surface area contributed by atoms with E-state index in [4.69, 9.17) is 5.11 Å². The fraction of sp³-hybridized carbons (Fsp3) is 0.958. The van der Waals surface area contributed by atoms with Gasteiger partial charge in [-0.05, 0) is 97.7 Å². The summed E-state index contributed by atoms with van der Waals surface area (Å²) in [6.45, 7) is 6.72. The molecular weight excluding hydrogens is 368 g/mol. The molecule has 29 heavy (non-hydrogen) atoms. The summed E-state index contributed by atoms with van der Waals surface area (Å²) in [6.07, 6.45) is 6.00. The lowest BCUT2D eigenvalue weighted by molar-refractivity contribution is -0.207. The highest BCUT2D eigenvalue weighted by Crippen LogP contribution is 2.68. The Hall–Kier alpha value is -0.650. The summed E-state index contributed by atoms with van der Waals surface area (Å²) in [7, 11) is 0. The van der Waals surface area contributed by atoms with Crippen LogP contribution in [0.5, 0.6) is 0 Å². The first-order valence-electron chi connectivity index (χ1n) is 11.8. The number of rotatable bonds is 4. The van der Waals surface area contributed by atoms with Crippen molar-refractivity contribution in [1.29, 1.82) is 0 Å². The number of hydrogen-bond donors (Lipinski definition) is 4. The zero-order chi connectivity index (χ0) is 21.1. The SMILES string of the molecule is C[C@H](CCC(=O)O)[C@@H]1CC[C@@H]2[C@H]3[C@H](O)C[C@@H]4C[C@@H](O)CC[C@@]4(C)[C@H]3C[C@H](O)[C@@]21C. The van der Waals surface area contributed by atoms with E-state index < -0.39 is 12.1 Å². The van der Waals surface area contributed by atoms with E-state index in [1.807, 2.05) is 0 Å². The molecule has 4 saturated carbocycles. The molecule has 0 amide bonds. The molecule has 4 rings (SSSR count). The molecule has 0 bridgehead atoms. The van der Waals surface area contributed by atoms with Crippen LogP contribution in [0, 0.1) is 46.3 Å². The lowest BCUT2D eigenvalue weighted by atomic mass is 9.43. The minimum absolute atomic E-state index is 0.0957. The lowest BCUT2D eigenvalue weighted by Gasteiger charge is -2.63. The third-order valence-electron chi connectivity index (χ3n) is 10.3. The van der Waals surface area contributed by atoms with Gasteiger partial charge in [-0.3, -0.25) is 4.79 Å². The van der Waals surface area contributed by atoms with Gasteiger partial charge in [-0.15, -0.1) is 0 Å². The molecule has 4 aliphatic carbocycles. The number of carboxylic acid groups (broad SMARTS) is 1. The van der Waals surface area contributed by atoms with Crippen molar-refractivity contribution in [2.24, 2.45) is 46.3 Å². The zero-order valence-corrected chi connectivity index (χ0v) is 18.3. The van der Waals surface area contributed by atoms with Gasteiger partial charge in [0.15, 0.2) is 0 Å². The van der Waals surface area contributed by atoms with Crippen LogP contribution in [0.1, 0.15) is 78.6 Å². The van der Waals surface area contributed by atoms with Gasteiger partial charge < -0.3 is 20.4 Å². The van der Waals surface area contributed by atoms with E-state index >= 15 is 0 Å². The molecule has 0 aliphatic heterocycles. The monoisotopic (exact) mass is 408 g/mol. The minimum Gasteiger partial charge on any atom is -0.481 e. The van der Waals surface area contributed by atoms with E-state index in [9.17, 15) is 20.1 Å². The van der Waals surface area contributed by atoms with Crippen LogP contribution in [-0.2, 0) is 4.79 Å². The largest absolute Gasteiger partial charge is 0.481 e. The fourth-order valence-corrected chi connectivity index (χ4v) is 8.68. The number of aliphatic carboxylic acids is 1. The molecule has 0 saturated heterocycles. The second-order valence-electron chi connectivity index (χ2n) is 11.4. The first-order valence-corrected chi connectivity index (χ1v) is 11.8. The first-order chi connectivity index (χ1) is 13.6. The van der Waals surface area contributed by atoms with Gasteiger partial charge in [-0.2, -0.15) is 0 Å². The van der Waals surface area contributed by atoms with Crippen LogP contribution in [-0.4, -0.2) is 44.7 Å². The first kappa shape index (κ1) is 21.6. The summed E-state index contributed by atoms with van der Waals surface area (Å²) in [6, 6.07) is 0. The lowest BCUT2D eigenvalue weighted by Crippen LogP contribution is -2.62. The predicted molar refractivity (Wildman–Crippen MR) is 110 cm³/mol. The number of hydrogen-bond acceptors (Lipinski definition) is 4. The number of carbonyl (C=O) groups is 1. The van der Waals surface area contributed by atoms with Crippen LogP contribution in [0.3, 0.4) is 0 Å². The van der Waals surface area contributed by atoms with Crippen LogP contribution in [0.4, 0.5) is 0 Å². The normalized spacial score (nSPS) is 52.9. The summed E-state index contributed by atoms with van der Waals surface area (Å²) in [4.78, 5) is 11.1. The molecule has 4 N–H and O–H groups in total. The average Bonchev–Trinajstić information content (AvgIpc) is 3.01. The third-order valence-corrected chi connectivity index (χ3v) is 10.3. The second-order valence-corrected chi connectivity index (χ2v) is 11.4. The third kappa shape index (κ3) is 3.27. The summed E-state index contributed by atoms with van der Waals surface area (Å²) >= 11 is 0. The van der Waals surface area contributed by atoms with Gasteiger partial charge in [-0.25, -0.2) is 0 Å². The Morgan fingerprint density at radius 3 is 2.45 bits per heavy atom. The van der Waals surface area contributed by atoms with Gasteiger partial charge in [0.05, 0.1) is 18.3 Å². The molecule has 0 radical (unpaired) electrons. The molecule has 0 aromatic rings. The van der Waals surface area contributed by atoms with E-state index in [2.05, 4.69) is 20.8 Å². The Kier molecular flexibility index (Phi) is 5.57. The topological polar surface area (TPSA) is 98.0 Å². The van der Waals surface area contributed by atoms with Crippen molar-refractivity contribution in [3.8, 4) is 0 Å². The smallest absolute Gasteiger partial charge is 0.303 e. The van der Waals surface area contributed by atoms with Crippen LogP contribution in [0.2, 0.25) is 0 Å². The van der Waals surface area contributed by atoms with Gasteiger partial charge in [-0.1, -0.05) is 20.8 Å². The second kappa shape index (κ2) is 7.49. The molecule has 166 valence electrons. The van der Waals surface area contributed by atoms with E-state index in [0.29, 0.717) is 30.1 Å². The maximum Gasteiger partial charge on any atom is 0.303 e. The molecule has 4 fully saturated rings. The van der Waals surface area contributed by atoms with Crippen LogP contribution < -0.4 is 0 Å². The molecule has 4 aliphatic rings. The highest BCUT2D eigenvalue weighted by atomic mass is 16.4. The summed E-state index contributed by atoms with van der Waals surface area (Å²) < 4.78 is 0. The maximum absolute atomic E-state index is 11.5. The highest BCUT2D eigenvalue weighted by molar-refractivity contribution is 5.66. The van der Waals surface area contributed by atoms with Gasteiger partial charge in [0.2, 0.25) is 0 Å². The Bertz CT molecular complexity index is 637.